The summed E-state index contributed by atoms with van der Waals surface area (Å²) in [5.41, 5.74) is 0. The third kappa shape index (κ3) is 44.4. The van der Waals surface area contributed by atoms with Gasteiger partial charge < -0.3 is 23.7 Å². The third-order valence-electron chi connectivity index (χ3n) is 14.8. The second kappa shape index (κ2) is 45.8. The molecule has 1 saturated heterocycles. The van der Waals surface area contributed by atoms with Crippen LogP contribution in [-0.4, -0.2) is 76.4 Å². The molecule has 0 aliphatic carbocycles. The van der Waals surface area contributed by atoms with Crippen LogP contribution < -0.4 is 0 Å². The van der Waals surface area contributed by atoms with Gasteiger partial charge in [0.15, 0.2) is 0 Å². The van der Waals surface area contributed by atoms with Gasteiger partial charge >= 0.3 is 5.97 Å². The first-order valence-corrected chi connectivity index (χ1v) is 31.5. The first kappa shape index (κ1) is 65.0. The van der Waals surface area contributed by atoms with Gasteiger partial charge in [0.2, 0.25) is 0 Å². The zero-order valence-electron chi connectivity index (χ0n) is 46.4. The van der Waals surface area contributed by atoms with Gasteiger partial charge in [-0.1, -0.05) is 232 Å². The summed E-state index contributed by atoms with van der Waals surface area (Å²) in [5.74, 6) is 8.62. The van der Waals surface area contributed by atoms with Crippen molar-refractivity contribution in [3.8, 4) is 0 Å². The molecule has 1 aliphatic heterocycles. The summed E-state index contributed by atoms with van der Waals surface area (Å²) in [5, 5.41) is 0.775. The van der Waals surface area contributed by atoms with Gasteiger partial charge in [0.05, 0.1) is 46.2 Å². The molecule has 400 valence electrons. The smallest absolute Gasteiger partial charge is 0.305 e. The van der Waals surface area contributed by atoms with Crippen LogP contribution in [0.1, 0.15) is 249 Å². The molecule has 1 fully saturated rings. The van der Waals surface area contributed by atoms with Crippen LogP contribution in [0, 0.1) is 53.3 Å². The van der Waals surface area contributed by atoms with Crippen LogP contribution in [0.3, 0.4) is 0 Å². The molecule has 7 unspecified atom stereocenters. The van der Waals surface area contributed by atoms with E-state index in [0.29, 0.717) is 65.2 Å². The highest BCUT2D eigenvalue weighted by atomic mass is 33.1. The monoisotopic (exact) mass is 985 g/mol. The largest absolute Gasteiger partial charge is 0.463 e. The third-order valence-corrected chi connectivity index (χ3v) is 17.8. The predicted octanol–water partition coefficient (Wildman–Crippen LogP) is 18.0. The minimum atomic E-state index is -0.113. The van der Waals surface area contributed by atoms with Crippen LogP contribution in [0.4, 0.5) is 0 Å². The van der Waals surface area contributed by atoms with E-state index < -0.39 is 0 Å². The van der Waals surface area contributed by atoms with Crippen molar-refractivity contribution in [3.05, 3.63) is 0 Å². The van der Waals surface area contributed by atoms with Gasteiger partial charge in [-0.3, -0.25) is 4.79 Å². The van der Waals surface area contributed by atoms with Crippen LogP contribution in [0.2, 0.25) is 0 Å². The molecule has 0 saturated carbocycles. The Morgan fingerprint density at radius 3 is 1.19 bits per heavy atom. The van der Waals surface area contributed by atoms with Gasteiger partial charge in [-0.05, 0) is 85.4 Å². The quantitative estimate of drug-likeness (QED) is 0.0339. The van der Waals surface area contributed by atoms with Crippen molar-refractivity contribution in [3.63, 3.8) is 0 Å². The van der Waals surface area contributed by atoms with E-state index in [4.69, 9.17) is 23.7 Å². The average Bonchev–Trinajstić information content (AvgIpc) is 3.80. The number of carbonyl (C=O) groups is 1. The summed E-state index contributed by atoms with van der Waals surface area (Å²) in [6, 6.07) is 0. The minimum absolute atomic E-state index is 0.113. The van der Waals surface area contributed by atoms with Crippen molar-refractivity contribution >= 4 is 27.6 Å². The predicted molar refractivity (Wildman–Crippen MR) is 295 cm³/mol. The molecule has 1 aliphatic rings. The minimum Gasteiger partial charge on any atom is -0.463 e. The SMILES string of the molecule is CC(C)CCCC(C)CCCC(C)CCCC(C)CCCC(CCC(C)CCCC(C)CCCC(C)CCCC(C)C)COCCOCCOCCOCCOC(=O)CCCC[C@H]1CCSS1. The topological polar surface area (TPSA) is 63.2 Å². The van der Waals surface area contributed by atoms with Crippen LogP contribution in [0.5, 0.6) is 0 Å². The Bertz CT molecular complexity index is 1050. The average molecular weight is 986 g/mol. The molecule has 0 amide bonds. The number of ether oxygens (including phenoxy) is 5. The maximum atomic E-state index is 12.0. The molecule has 0 N–H and O–H groups in total. The first-order chi connectivity index (χ1) is 32.3. The lowest BCUT2D eigenvalue weighted by molar-refractivity contribution is -0.145. The molecule has 1 rings (SSSR count). The lowest BCUT2D eigenvalue weighted by Gasteiger charge is -2.21. The van der Waals surface area contributed by atoms with Crippen LogP contribution in [0.15, 0.2) is 0 Å². The van der Waals surface area contributed by atoms with Gasteiger partial charge in [0, 0.05) is 24.0 Å². The van der Waals surface area contributed by atoms with E-state index in [-0.39, 0.29) is 5.97 Å². The summed E-state index contributed by atoms with van der Waals surface area (Å²) in [6.07, 6.45) is 36.8. The van der Waals surface area contributed by atoms with E-state index in [2.05, 4.69) is 69.2 Å². The van der Waals surface area contributed by atoms with Gasteiger partial charge in [0.1, 0.15) is 6.61 Å². The normalized spacial score (nSPS) is 17.5. The highest BCUT2D eigenvalue weighted by molar-refractivity contribution is 8.77. The number of hydrogen-bond donors (Lipinski definition) is 0. The number of unbranched alkanes of at least 4 members (excludes halogenated alkanes) is 1. The Balaban J connectivity index is 2.27. The molecule has 0 aromatic carbocycles. The molecule has 0 radical (unpaired) electrons. The Morgan fingerprint density at radius 2 is 0.791 bits per heavy atom. The molecular weight excluding hydrogens is 869 g/mol. The second-order valence-electron chi connectivity index (χ2n) is 23.1. The molecule has 0 aromatic heterocycles. The first-order valence-electron chi connectivity index (χ1n) is 29.1. The molecule has 1 heterocycles. The lowest BCUT2D eigenvalue weighted by Crippen LogP contribution is -2.16. The highest BCUT2D eigenvalue weighted by Gasteiger charge is 2.17. The Hall–Kier alpha value is 0.0100. The Morgan fingerprint density at radius 1 is 0.418 bits per heavy atom. The molecule has 0 bridgehead atoms. The van der Waals surface area contributed by atoms with Crippen molar-refractivity contribution in [2.24, 2.45) is 53.3 Å². The second-order valence-corrected chi connectivity index (χ2v) is 25.9. The number of carbonyl (C=O) groups excluding carboxylic acids is 1. The Kier molecular flexibility index (Phi) is 44.5. The fraction of sp³-hybridized carbons (Fsp3) is 0.983. The summed E-state index contributed by atoms with van der Waals surface area (Å²) in [4.78, 5) is 12.0. The fourth-order valence-electron chi connectivity index (χ4n) is 9.86. The van der Waals surface area contributed by atoms with Crippen LogP contribution in [-0.2, 0) is 28.5 Å². The number of rotatable bonds is 50. The van der Waals surface area contributed by atoms with E-state index in [9.17, 15) is 4.79 Å². The molecular formula is C59H116O6S2. The van der Waals surface area contributed by atoms with Crippen LogP contribution in [0.25, 0.3) is 0 Å². The van der Waals surface area contributed by atoms with Crippen molar-refractivity contribution in [1.29, 1.82) is 0 Å². The number of esters is 1. The van der Waals surface area contributed by atoms with Crippen molar-refractivity contribution in [2.45, 2.75) is 254 Å². The van der Waals surface area contributed by atoms with Gasteiger partial charge in [0.25, 0.3) is 0 Å². The maximum absolute atomic E-state index is 12.0. The highest BCUT2D eigenvalue weighted by Crippen LogP contribution is 2.40. The molecule has 67 heavy (non-hydrogen) atoms. The molecule has 6 nitrogen and oxygen atoms in total. The van der Waals surface area contributed by atoms with Gasteiger partial charge in [-0.2, -0.15) is 0 Å². The summed E-state index contributed by atoms with van der Waals surface area (Å²) < 4.78 is 28.7. The summed E-state index contributed by atoms with van der Waals surface area (Å²) in [7, 11) is 3.98. The molecule has 8 heteroatoms. The van der Waals surface area contributed by atoms with Crippen molar-refractivity contribution in [2.75, 3.05) is 65.2 Å². The van der Waals surface area contributed by atoms with Crippen molar-refractivity contribution in [1.82, 2.24) is 0 Å². The maximum Gasteiger partial charge on any atom is 0.305 e. The van der Waals surface area contributed by atoms with Gasteiger partial charge in [-0.25, -0.2) is 0 Å². The van der Waals surface area contributed by atoms with Gasteiger partial charge in [-0.15, -0.1) is 0 Å². The van der Waals surface area contributed by atoms with E-state index >= 15 is 0 Å². The fourth-order valence-corrected chi connectivity index (χ4v) is 12.9. The molecule has 0 aromatic rings. The van der Waals surface area contributed by atoms with E-state index in [1.54, 1.807) is 0 Å². The lowest BCUT2D eigenvalue weighted by atomic mass is 9.87. The summed E-state index contributed by atoms with van der Waals surface area (Å²) in [6.45, 7) is 29.3. The molecule has 0 spiro atoms. The van der Waals surface area contributed by atoms with Crippen LogP contribution >= 0.6 is 21.6 Å². The standard InChI is InChI=1S/C59H116O6S2/c1-49(2)20-13-22-51(5)24-15-26-53(7)28-17-29-55(9)32-19-33-57(37-36-56(10)31-18-30-54(8)27-16-25-52(6)23-14-21-50(3)4)48-64-44-43-62-40-39-61-41-42-63-45-46-65-59(60)35-12-11-34-58-38-47-66-67-58/h49-58H,11-48H2,1-10H3/t51?,52?,53?,54?,55?,56?,57?,58-/m0/s1. The zero-order chi connectivity index (χ0) is 49.2. The number of hydrogen-bond acceptors (Lipinski definition) is 8. The van der Waals surface area contributed by atoms with E-state index in [1.807, 2.05) is 21.6 Å². The van der Waals surface area contributed by atoms with E-state index in [0.717, 1.165) is 72.0 Å². The molecule has 8 atom stereocenters. The Labute approximate surface area is 426 Å². The summed E-state index contributed by atoms with van der Waals surface area (Å²) >= 11 is 0. The zero-order valence-corrected chi connectivity index (χ0v) is 48.0. The van der Waals surface area contributed by atoms with Crippen molar-refractivity contribution < 1.29 is 28.5 Å². The van der Waals surface area contributed by atoms with E-state index in [1.165, 1.54) is 166 Å².